The maximum Gasteiger partial charge on any atom is 0.123 e. The number of allylic oxidation sites excluding steroid dienone is 4. The van der Waals surface area contributed by atoms with Gasteiger partial charge in [0.1, 0.15) is 11.6 Å². The van der Waals surface area contributed by atoms with Crippen LogP contribution in [0.15, 0.2) is 146 Å². The Morgan fingerprint density at radius 3 is 1.64 bits per heavy atom. The van der Waals surface area contributed by atoms with Gasteiger partial charge in [0.05, 0.1) is 0 Å². The maximum atomic E-state index is 14.7. The smallest absolute Gasteiger partial charge is 0.123 e. The van der Waals surface area contributed by atoms with Crippen molar-refractivity contribution < 1.29 is 8.78 Å². The highest BCUT2D eigenvalue weighted by molar-refractivity contribution is 5.83. The van der Waals surface area contributed by atoms with Crippen LogP contribution in [-0.2, 0) is 23.7 Å². The highest BCUT2D eigenvalue weighted by Gasteiger charge is 2.31. The van der Waals surface area contributed by atoms with Crippen LogP contribution in [-0.4, -0.2) is 0 Å². The summed E-state index contributed by atoms with van der Waals surface area (Å²) in [5.41, 5.74) is 12.7. The van der Waals surface area contributed by atoms with Crippen molar-refractivity contribution in [1.29, 1.82) is 0 Å². The van der Waals surface area contributed by atoms with Crippen molar-refractivity contribution in [1.82, 2.24) is 0 Å². The Balaban J connectivity index is 1.65. The molecule has 0 atom stereocenters. The van der Waals surface area contributed by atoms with Crippen molar-refractivity contribution in [3.05, 3.63) is 212 Å². The SMILES string of the molecule is CC(C)(C)c1cc2c(cc1-c1ccc(F)cc1)=Cc1c(C3C=CC=C3)c(-c3ccc(F)cc3)c(C(C)(C)C)c(=C(Cc3ccccc3)Cc3ccccc3)c1=2. The van der Waals surface area contributed by atoms with Gasteiger partial charge in [0.25, 0.3) is 0 Å². The van der Waals surface area contributed by atoms with Crippen LogP contribution in [0, 0.1) is 22.1 Å². The van der Waals surface area contributed by atoms with Gasteiger partial charge in [-0.2, -0.15) is 0 Å². The van der Waals surface area contributed by atoms with Crippen LogP contribution in [0.1, 0.15) is 80.8 Å². The lowest BCUT2D eigenvalue weighted by Gasteiger charge is -2.31. The lowest BCUT2D eigenvalue weighted by Crippen LogP contribution is -2.30. The molecule has 0 saturated carbocycles. The van der Waals surface area contributed by atoms with E-state index in [2.05, 4.69) is 145 Å². The third kappa shape index (κ3) is 7.07. The molecule has 2 aliphatic carbocycles. The minimum atomic E-state index is -0.294. The summed E-state index contributed by atoms with van der Waals surface area (Å²) in [7, 11) is 0. The van der Waals surface area contributed by atoms with Crippen molar-refractivity contribution >= 4 is 11.6 Å². The third-order valence-electron chi connectivity index (χ3n) is 11.1. The van der Waals surface area contributed by atoms with Gasteiger partial charge >= 0.3 is 0 Å². The van der Waals surface area contributed by atoms with E-state index in [9.17, 15) is 8.78 Å². The topological polar surface area (TPSA) is 0 Å². The summed E-state index contributed by atoms with van der Waals surface area (Å²) in [6.45, 7) is 13.8. The molecule has 0 amide bonds. The van der Waals surface area contributed by atoms with E-state index in [0.29, 0.717) is 0 Å². The molecule has 6 aromatic carbocycles. The molecule has 0 radical (unpaired) electrons. The second-order valence-electron chi connectivity index (χ2n) is 17.2. The molecule has 0 heterocycles. The second-order valence-corrected chi connectivity index (χ2v) is 17.2. The molecule has 274 valence electrons. The largest absolute Gasteiger partial charge is 0.207 e. The van der Waals surface area contributed by atoms with Gasteiger partial charge in [0.2, 0.25) is 0 Å². The Morgan fingerprint density at radius 1 is 0.600 bits per heavy atom. The molecule has 2 heteroatoms. The lowest BCUT2D eigenvalue weighted by molar-refractivity contribution is 0.585. The number of halogens is 2. The van der Waals surface area contributed by atoms with Gasteiger partial charge in [0.15, 0.2) is 0 Å². The summed E-state index contributed by atoms with van der Waals surface area (Å²) in [5, 5.41) is 4.94. The minimum Gasteiger partial charge on any atom is -0.207 e. The molecule has 2 aliphatic rings. The zero-order valence-electron chi connectivity index (χ0n) is 32.7. The van der Waals surface area contributed by atoms with Gasteiger partial charge in [-0.15, -0.1) is 0 Å². The van der Waals surface area contributed by atoms with Crippen LogP contribution in [0.25, 0.3) is 33.9 Å². The molecule has 0 aliphatic heterocycles. The van der Waals surface area contributed by atoms with Crippen molar-refractivity contribution in [2.75, 3.05) is 0 Å². The molecule has 0 unspecified atom stereocenters. The van der Waals surface area contributed by atoms with Crippen molar-refractivity contribution in [3.63, 3.8) is 0 Å². The fourth-order valence-corrected chi connectivity index (χ4v) is 8.73. The van der Waals surface area contributed by atoms with Gasteiger partial charge in [-0.1, -0.05) is 156 Å². The van der Waals surface area contributed by atoms with E-state index >= 15 is 0 Å². The molecular formula is C53H48F2. The Morgan fingerprint density at radius 2 is 1.13 bits per heavy atom. The van der Waals surface area contributed by atoms with Gasteiger partial charge in [-0.3, -0.25) is 0 Å². The average Bonchev–Trinajstić information content (AvgIpc) is 3.82. The van der Waals surface area contributed by atoms with Crippen LogP contribution in [0.4, 0.5) is 8.78 Å². The van der Waals surface area contributed by atoms with Gasteiger partial charge in [-0.05, 0) is 143 Å². The Hall–Kier alpha value is -5.60. The summed E-state index contributed by atoms with van der Waals surface area (Å²) in [5.74, 6) is -0.442. The molecule has 0 spiro atoms. The standard InChI is InChI=1S/C53H48F2/c1-52(2,3)46-33-44-39(31-43(46)36-21-25-41(54)26-22-36)32-45-47(37-19-13-14-20-37)48(38-23-27-42(55)28-24-38)51(53(4,5)6)49(50(44)45)40(29-34-15-9-7-10-16-34)30-35-17-11-8-12-18-35/h7-28,31-33,37H,29-30H2,1-6H3. The summed E-state index contributed by atoms with van der Waals surface area (Å²) in [4.78, 5) is 0. The fourth-order valence-electron chi connectivity index (χ4n) is 8.73. The minimum absolute atomic E-state index is 0.0415. The molecule has 6 aromatic rings. The van der Waals surface area contributed by atoms with Crippen molar-refractivity contribution in [2.24, 2.45) is 0 Å². The number of rotatable bonds is 7. The Bertz CT molecular complexity index is 2630. The first-order valence-electron chi connectivity index (χ1n) is 19.4. The predicted octanol–water partition coefficient (Wildman–Crippen LogP) is 12.2. The van der Waals surface area contributed by atoms with E-state index in [4.69, 9.17) is 0 Å². The summed E-state index contributed by atoms with van der Waals surface area (Å²) >= 11 is 0. The van der Waals surface area contributed by atoms with Crippen LogP contribution in [0.5, 0.6) is 0 Å². The summed E-state index contributed by atoms with van der Waals surface area (Å²) < 4.78 is 29.0. The Kier molecular flexibility index (Phi) is 9.42. The quantitative estimate of drug-likeness (QED) is 0.154. The van der Waals surface area contributed by atoms with E-state index in [1.807, 2.05) is 24.3 Å². The van der Waals surface area contributed by atoms with E-state index in [1.165, 1.54) is 60.2 Å². The van der Waals surface area contributed by atoms with Crippen LogP contribution >= 0.6 is 0 Å². The zero-order valence-corrected chi connectivity index (χ0v) is 32.7. The monoisotopic (exact) mass is 722 g/mol. The first-order valence-corrected chi connectivity index (χ1v) is 19.4. The molecule has 0 fully saturated rings. The maximum absolute atomic E-state index is 14.7. The number of fused-ring (bicyclic) bond motifs is 2. The molecule has 0 nitrogen and oxygen atoms in total. The number of hydrogen-bond donors (Lipinski definition) is 0. The molecule has 8 rings (SSSR count). The van der Waals surface area contributed by atoms with Crippen LogP contribution in [0.2, 0.25) is 0 Å². The zero-order chi connectivity index (χ0) is 38.5. The molecule has 0 saturated heterocycles. The van der Waals surface area contributed by atoms with E-state index in [-0.39, 0.29) is 28.4 Å². The molecule has 55 heavy (non-hydrogen) atoms. The van der Waals surface area contributed by atoms with Crippen molar-refractivity contribution in [3.8, 4) is 22.3 Å². The second kappa shape index (κ2) is 14.2. The molecule has 0 N–H and O–H groups in total. The van der Waals surface area contributed by atoms with Gasteiger partial charge < -0.3 is 0 Å². The number of hydrogen-bond acceptors (Lipinski definition) is 0. The van der Waals surface area contributed by atoms with E-state index < -0.39 is 0 Å². The Labute approximate surface area is 324 Å². The predicted molar refractivity (Wildman–Crippen MR) is 226 cm³/mol. The van der Waals surface area contributed by atoms with Crippen LogP contribution in [0.3, 0.4) is 0 Å². The van der Waals surface area contributed by atoms with E-state index in [1.54, 1.807) is 24.3 Å². The average molecular weight is 723 g/mol. The third-order valence-corrected chi connectivity index (χ3v) is 11.1. The fraction of sp³-hybridized carbons (Fsp3) is 0.208. The van der Waals surface area contributed by atoms with Crippen molar-refractivity contribution in [2.45, 2.75) is 71.1 Å². The summed E-state index contributed by atoms with van der Waals surface area (Å²) in [6, 6.07) is 40.4. The highest BCUT2D eigenvalue weighted by atomic mass is 19.1. The lowest BCUT2D eigenvalue weighted by atomic mass is 9.73. The molecule has 0 aromatic heterocycles. The molecule has 0 bridgehead atoms. The first-order chi connectivity index (χ1) is 26.4. The van der Waals surface area contributed by atoms with Gasteiger partial charge in [-0.25, -0.2) is 8.78 Å². The van der Waals surface area contributed by atoms with Crippen LogP contribution < -0.4 is 10.4 Å². The normalized spacial score (nSPS) is 13.5. The molecular weight excluding hydrogens is 675 g/mol. The first kappa shape index (κ1) is 36.4. The number of benzene rings is 6. The van der Waals surface area contributed by atoms with Gasteiger partial charge in [0, 0.05) is 5.92 Å². The summed E-state index contributed by atoms with van der Waals surface area (Å²) in [6.07, 6.45) is 12.8. The van der Waals surface area contributed by atoms with E-state index in [0.717, 1.165) is 34.8 Å². The highest BCUT2D eigenvalue weighted by Crippen LogP contribution is 2.43.